The number of halogens is 3. The lowest BCUT2D eigenvalue weighted by molar-refractivity contribution is -0.137. The second kappa shape index (κ2) is 10.0. The molecule has 7 nitrogen and oxygen atoms in total. The Bertz CT molecular complexity index is 781. The molecule has 0 atom stereocenters. The van der Waals surface area contributed by atoms with Crippen molar-refractivity contribution < 1.29 is 32.3 Å². The topological polar surface area (TPSA) is 87.7 Å². The van der Waals surface area contributed by atoms with Crippen LogP contribution in [-0.2, 0) is 15.7 Å². The zero-order valence-electron chi connectivity index (χ0n) is 17.8. The minimum absolute atomic E-state index is 0.149. The van der Waals surface area contributed by atoms with E-state index in [-0.39, 0.29) is 23.9 Å². The number of carbonyl (C=O) groups is 3. The van der Waals surface area contributed by atoms with Gasteiger partial charge in [0.25, 0.3) is 5.91 Å². The number of nitrogens with zero attached hydrogens (tertiary/aromatic N) is 1. The molecule has 0 aromatic heterocycles. The molecule has 1 aliphatic rings. The molecule has 31 heavy (non-hydrogen) atoms. The van der Waals surface area contributed by atoms with Crippen LogP contribution in [0.5, 0.6) is 0 Å². The zero-order valence-corrected chi connectivity index (χ0v) is 17.8. The zero-order chi connectivity index (χ0) is 23.2. The number of hydrogen-bond donors (Lipinski definition) is 2. The summed E-state index contributed by atoms with van der Waals surface area (Å²) < 4.78 is 42.9. The summed E-state index contributed by atoms with van der Waals surface area (Å²) in [5.74, 6) is -0.492. The van der Waals surface area contributed by atoms with Gasteiger partial charge < -0.3 is 20.3 Å². The molecule has 10 heteroatoms. The Morgan fingerprint density at radius 1 is 1.03 bits per heavy atom. The molecule has 2 N–H and O–H groups in total. The number of alkyl halides is 3. The molecule has 0 aliphatic carbocycles. The van der Waals surface area contributed by atoms with E-state index in [4.69, 9.17) is 4.74 Å². The normalized spacial score (nSPS) is 15.4. The fourth-order valence-electron chi connectivity index (χ4n) is 3.11. The van der Waals surface area contributed by atoms with E-state index < -0.39 is 29.3 Å². The van der Waals surface area contributed by atoms with Crippen molar-refractivity contribution in [1.82, 2.24) is 15.5 Å². The Kier molecular flexibility index (Phi) is 7.91. The fraction of sp³-hybridized carbons (Fsp3) is 0.571. The van der Waals surface area contributed by atoms with Gasteiger partial charge in [-0.05, 0) is 63.8 Å². The standard InChI is InChI=1S/C21H28F3N3O4/c1-20(2,3)31-19(30)26-13-17(28)27-10-8-14(9-11-27)12-25-18(29)15-4-6-16(7-5-15)21(22,23)24/h4-7,14H,8-13H2,1-3H3,(H,25,29)(H,26,30). The summed E-state index contributed by atoms with van der Waals surface area (Å²) >= 11 is 0. The Morgan fingerprint density at radius 2 is 1.61 bits per heavy atom. The van der Waals surface area contributed by atoms with Gasteiger partial charge in [-0.1, -0.05) is 0 Å². The maximum atomic E-state index is 12.6. The largest absolute Gasteiger partial charge is 0.444 e. The first-order chi connectivity index (χ1) is 14.3. The summed E-state index contributed by atoms with van der Waals surface area (Å²) in [6.45, 7) is 6.41. The predicted molar refractivity (Wildman–Crippen MR) is 107 cm³/mol. The Labute approximate surface area is 179 Å². The van der Waals surface area contributed by atoms with Crippen LogP contribution < -0.4 is 10.6 Å². The van der Waals surface area contributed by atoms with Crippen LogP contribution in [0.4, 0.5) is 18.0 Å². The van der Waals surface area contributed by atoms with Crippen molar-refractivity contribution in [2.75, 3.05) is 26.2 Å². The van der Waals surface area contributed by atoms with Crippen LogP contribution in [0.1, 0.15) is 49.5 Å². The van der Waals surface area contributed by atoms with Crippen LogP contribution in [0.3, 0.4) is 0 Å². The van der Waals surface area contributed by atoms with Gasteiger partial charge in [0, 0.05) is 25.2 Å². The predicted octanol–water partition coefficient (Wildman–Crippen LogP) is 3.20. The number of carbonyl (C=O) groups excluding carboxylic acids is 3. The number of nitrogens with one attached hydrogen (secondary N) is 2. The fourth-order valence-corrected chi connectivity index (χ4v) is 3.11. The SMILES string of the molecule is CC(C)(C)OC(=O)NCC(=O)N1CCC(CNC(=O)c2ccc(C(F)(F)F)cc2)CC1. The van der Waals surface area contributed by atoms with Gasteiger partial charge in [0.2, 0.25) is 5.91 Å². The molecule has 0 radical (unpaired) electrons. The molecule has 1 saturated heterocycles. The number of likely N-dealkylation sites (tertiary alicyclic amines) is 1. The van der Waals surface area contributed by atoms with Gasteiger partial charge >= 0.3 is 12.3 Å². The van der Waals surface area contributed by atoms with Gasteiger partial charge in [-0.25, -0.2) is 4.79 Å². The van der Waals surface area contributed by atoms with Crippen LogP contribution in [0, 0.1) is 5.92 Å². The lowest BCUT2D eigenvalue weighted by Crippen LogP contribution is -2.46. The number of amides is 3. The van der Waals surface area contributed by atoms with Crippen LogP contribution in [0.25, 0.3) is 0 Å². The number of piperidine rings is 1. The number of hydrogen-bond acceptors (Lipinski definition) is 4. The van der Waals surface area contributed by atoms with Gasteiger partial charge in [-0.2, -0.15) is 13.2 Å². The maximum absolute atomic E-state index is 12.6. The first kappa shape index (κ1) is 24.5. The Hall–Kier alpha value is -2.78. The highest BCUT2D eigenvalue weighted by molar-refractivity contribution is 5.94. The summed E-state index contributed by atoms with van der Waals surface area (Å²) in [5.41, 5.74) is -1.29. The monoisotopic (exact) mass is 443 g/mol. The van der Waals surface area contributed by atoms with Crippen LogP contribution >= 0.6 is 0 Å². The van der Waals surface area contributed by atoms with E-state index in [1.807, 2.05) is 0 Å². The summed E-state index contributed by atoms with van der Waals surface area (Å²) in [4.78, 5) is 37.7. The van der Waals surface area contributed by atoms with Gasteiger partial charge in [0.05, 0.1) is 5.56 Å². The van der Waals surface area contributed by atoms with E-state index in [9.17, 15) is 27.6 Å². The Balaban J connectivity index is 1.71. The highest BCUT2D eigenvalue weighted by atomic mass is 19.4. The van der Waals surface area contributed by atoms with Gasteiger partial charge in [-0.3, -0.25) is 9.59 Å². The van der Waals surface area contributed by atoms with E-state index in [1.54, 1.807) is 25.7 Å². The third-order valence-corrected chi connectivity index (χ3v) is 4.78. The minimum Gasteiger partial charge on any atom is -0.444 e. The van der Waals surface area contributed by atoms with Crippen molar-refractivity contribution in [2.45, 2.75) is 45.4 Å². The maximum Gasteiger partial charge on any atom is 0.416 e. The highest BCUT2D eigenvalue weighted by Gasteiger charge is 2.30. The van der Waals surface area contributed by atoms with Crippen molar-refractivity contribution in [2.24, 2.45) is 5.92 Å². The highest BCUT2D eigenvalue weighted by Crippen LogP contribution is 2.29. The quantitative estimate of drug-likeness (QED) is 0.732. The third kappa shape index (κ3) is 8.10. The molecule has 172 valence electrons. The summed E-state index contributed by atoms with van der Waals surface area (Å²) in [7, 11) is 0. The molecule has 1 aromatic rings. The number of ether oxygens (including phenoxy) is 1. The van der Waals surface area contributed by atoms with Crippen LogP contribution in [0.15, 0.2) is 24.3 Å². The van der Waals surface area contributed by atoms with E-state index in [1.165, 1.54) is 0 Å². The van der Waals surface area contributed by atoms with Crippen molar-refractivity contribution >= 4 is 17.9 Å². The molecule has 1 heterocycles. The molecule has 1 fully saturated rings. The van der Waals surface area contributed by atoms with E-state index in [0.717, 1.165) is 24.3 Å². The molecule has 0 saturated carbocycles. The van der Waals surface area contributed by atoms with E-state index >= 15 is 0 Å². The van der Waals surface area contributed by atoms with Gasteiger partial charge in [0.1, 0.15) is 12.1 Å². The van der Waals surface area contributed by atoms with E-state index in [0.29, 0.717) is 32.5 Å². The molecule has 0 unspecified atom stereocenters. The second-order valence-corrected chi connectivity index (χ2v) is 8.46. The smallest absolute Gasteiger partial charge is 0.416 e. The first-order valence-electron chi connectivity index (χ1n) is 10.1. The average Bonchev–Trinajstić information content (AvgIpc) is 2.69. The summed E-state index contributed by atoms with van der Waals surface area (Å²) in [6, 6.07) is 4.06. The third-order valence-electron chi connectivity index (χ3n) is 4.78. The van der Waals surface area contributed by atoms with Crippen LogP contribution in [-0.4, -0.2) is 54.6 Å². The molecular formula is C21H28F3N3O4. The van der Waals surface area contributed by atoms with Gasteiger partial charge in [-0.15, -0.1) is 0 Å². The average molecular weight is 443 g/mol. The molecule has 2 rings (SSSR count). The van der Waals surface area contributed by atoms with Crippen molar-refractivity contribution in [3.05, 3.63) is 35.4 Å². The second-order valence-electron chi connectivity index (χ2n) is 8.46. The molecular weight excluding hydrogens is 415 g/mol. The van der Waals surface area contributed by atoms with E-state index in [2.05, 4.69) is 10.6 Å². The number of alkyl carbamates (subject to hydrolysis) is 1. The molecule has 0 bridgehead atoms. The van der Waals surface area contributed by atoms with Gasteiger partial charge in [0.15, 0.2) is 0 Å². The molecule has 1 aromatic carbocycles. The molecule has 3 amide bonds. The van der Waals surface area contributed by atoms with Crippen molar-refractivity contribution in [3.8, 4) is 0 Å². The number of benzene rings is 1. The lowest BCUT2D eigenvalue weighted by Gasteiger charge is -2.32. The minimum atomic E-state index is -4.44. The Morgan fingerprint density at radius 3 is 2.13 bits per heavy atom. The molecule has 0 spiro atoms. The van der Waals surface area contributed by atoms with Crippen molar-refractivity contribution in [3.63, 3.8) is 0 Å². The number of rotatable bonds is 5. The van der Waals surface area contributed by atoms with Crippen LogP contribution in [0.2, 0.25) is 0 Å². The molecule has 1 aliphatic heterocycles. The summed E-state index contributed by atoms with van der Waals surface area (Å²) in [5, 5.41) is 5.17. The first-order valence-corrected chi connectivity index (χ1v) is 10.1. The summed E-state index contributed by atoms with van der Waals surface area (Å²) in [6.07, 6.45) is -3.75. The lowest BCUT2D eigenvalue weighted by atomic mass is 9.96. The van der Waals surface area contributed by atoms with Crippen molar-refractivity contribution in [1.29, 1.82) is 0 Å².